The number of amides is 1. The molecule has 0 aliphatic carbocycles. The lowest BCUT2D eigenvalue weighted by atomic mass is 10.0. The van der Waals surface area contributed by atoms with Crippen molar-refractivity contribution < 1.29 is 23.9 Å². The Kier molecular flexibility index (Phi) is 7.05. The summed E-state index contributed by atoms with van der Waals surface area (Å²) in [4.78, 5) is 37.0. The van der Waals surface area contributed by atoms with E-state index in [0.717, 1.165) is 0 Å². The van der Waals surface area contributed by atoms with Gasteiger partial charge in [0.15, 0.2) is 11.9 Å². The fraction of sp³-hybridized carbons (Fsp3) is 0.250. The molecule has 0 aliphatic rings. The number of methoxy groups -OCH3 is 2. The maximum atomic E-state index is 12.6. The summed E-state index contributed by atoms with van der Waals surface area (Å²) in [6, 6.07) is 16.3. The number of Topliss-reactive ketones (excluding diaryl/α,β-unsaturated/α-hetero) is 1. The van der Waals surface area contributed by atoms with Gasteiger partial charge in [0.25, 0.3) is 5.91 Å². The highest BCUT2D eigenvalue weighted by Crippen LogP contribution is 2.17. The van der Waals surface area contributed by atoms with Crippen molar-refractivity contribution in [2.45, 2.75) is 18.6 Å². The number of carbonyl (C=O) groups excluding carboxylic acids is 3. The summed E-state index contributed by atoms with van der Waals surface area (Å²) >= 11 is 0. The summed E-state index contributed by atoms with van der Waals surface area (Å²) in [7, 11) is 2.61. The molecule has 6 heteroatoms. The molecule has 0 saturated carbocycles. The Morgan fingerprint density at radius 3 is 2.04 bits per heavy atom. The third-order valence-corrected chi connectivity index (χ3v) is 3.86. The second-order valence-electron chi connectivity index (χ2n) is 5.60. The predicted octanol–water partition coefficient (Wildman–Crippen LogP) is 2.30. The van der Waals surface area contributed by atoms with Crippen LogP contribution in [-0.4, -0.2) is 37.9 Å². The van der Waals surface area contributed by atoms with Crippen molar-refractivity contribution in [1.29, 1.82) is 0 Å². The number of ether oxygens (including phenoxy) is 2. The summed E-state index contributed by atoms with van der Waals surface area (Å²) in [6.45, 7) is 0. The Labute approximate surface area is 152 Å². The minimum absolute atomic E-state index is 0.201. The molecule has 2 aromatic rings. The van der Waals surface area contributed by atoms with E-state index in [0.29, 0.717) is 11.1 Å². The molecule has 2 aromatic carbocycles. The van der Waals surface area contributed by atoms with Crippen molar-refractivity contribution >= 4 is 17.7 Å². The van der Waals surface area contributed by atoms with Crippen molar-refractivity contribution in [2.24, 2.45) is 0 Å². The van der Waals surface area contributed by atoms with Crippen LogP contribution in [0.2, 0.25) is 0 Å². The minimum Gasteiger partial charge on any atom is -0.467 e. The van der Waals surface area contributed by atoms with E-state index in [1.807, 2.05) is 6.07 Å². The average molecular weight is 355 g/mol. The van der Waals surface area contributed by atoms with Crippen LogP contribution in [0.5, 0.6) is 0 Å². The lowest BCUT2D eigenvalue weighted by molar-refractivity contribution is -0.146. The summed E-state index contributed by atoms with van der Waals surface area (Å²) < 4.78 is 9.98. The van der Waals surface area contributed by atoms with Crippen LogP contribution in [0.1, 0.15) is 28.4 Å². The van der Waals surface area contributed by atoms with Gasteiger partial charge in [-0.05, 0) is 5.56 Å². The third-order valence-electron chi connectivity index (χ3n) is 3.86. The van der Waals surface area contributed by atoms with Crippen LogP contribution >= 0.6 is 0 Å². The molecule has 0 spiro atoms. The van der Waals surface area contributed by atoms with Crippen molar-refractivity contribution in [2.75, 3.05) is 14.2 Å². The van der Waals surface area contributed by atoms with E-state index in [1.165, 1.54) is 14.2 Å². The van der Waals surface area contributed by atoms with Crippen LogP contribution in [0, 0.1) is 0 Å². The fourth-order valence-corrected chi connectivity index (χ4v) is 2.53. The van der Waals surface area contributed by atoms with Crippen molar-refractivity contribution in [3.8, 4) is 0 Å². The molecule has 0 heterocycles. The van der Waals surface area contributed by atoms with Crippen LogP contribution in [0.3, 0.4) is 0 Å². The molecule has 1 amide bonds. The molecule has 0 bridgehead atoms. The first-order valence-corrected chi connectivity index (χ1v) is 8.11. The van der Waals surface area contributed by atoms with Gasteiger partial charge in [-0.3, -0.25) is 9.59 Å². The Bertz CT molecular complexity index is 745. The highest BCUT2D eigenvalue weighted by Gasteiger charge is 2.29. The predicted molar refractivity (Wildman–Crippen MR) is 95.5 cm³/mol. The number of nitrogens with one attached hydrogen (secondary N) is 1. The second-order valence-corrected chi connectivity index (χ2v) is 5.60. The summed E-state index contributed by atoms with van der Waals surface area (Å²) in [5.74, 6) is -1.48. The number of hydrogen-bond donors (Lipinski definition) is 1. The van der Waals surface area contributed by atoms with Gasteiger partial charge in [-0.2, -0.15) is 0 Å². The first-order valence-electron chi connectivity index (χ1n) is 8.11. The topological polar surface area (TPSA) is 81.7 Å². The van der Waals surface area contributed by atoms with Gasteiger partial charge in [-0.15, -0.1) is 0 Å². The number of esters is 1. The smallest absolute Gasteiger partial charge is 0.328 e. The lowest BCUT2D eigenvalue weighted by Crippen LogP contribution is -2.45. The zero-order valence-corrected chi connectivity index (χ0v) is 14.7. The summed E-state index contributed by atoms with van der Waals surface area (Å²) in [5, 5.41) is 2.56. The molecule has 2 rings (SSSR count). The zero-order chi connectivity index (χ0) is 18.9. The van der Waals surface area contributed by atoms with E-state index in [-0.39, 0.29) is 12.2 Å². The van der Waals surface area contributed by atoms with E-state index in [1.54, 1.807) is 54.6 Å². The number of benzene rings is 2. The maximum absolute atomic E-state index is 12.6. The Morgan fingerprint density at radius 1 is 0.923 bits per heavy atom. The minimum atomic E-state index is -1.10. The van der Waals surface area contributed by atoms with Crippen LogP contribution in [-0.2, 0) is 19.1 Å². The Balaban J connectivity index is 2.13. The average Bonchev–Trinajstić information content (AvgIpc) is 2.68. The van der Waals surface area contributed by atoms with Gasteiger partial charge < -0.3 is 14.8 Å². The lowest BCUT2D eigenvalue weighted by Gasteiger charge is -2.20. The largest absolute Gasteiger partial charge is 0.467 e. The van der Waals surface area contributed by atoms with Crippen LogP contribution < -0.4 is 5.32 Å². The number of carbonyl (C=O) groups is 3. The first kappa shape index (κ1) is 19.3. The van der Waals surface area contributed by atoms with Crippen LogP contribution in [0.15, 0.2) is 60.7 Å². The number of hydrogen-bond acceptors (Lipinski definition) is 5. The van der Waals surface area contributed by atoms with Crippen molar-refractivity contribution in [3.05, 3.63) is 71.8 Å². The highest BCUT2D eigenvalue weighted by molar-refractivity contribution is 6.00. The molecule has 1 N–H and O–H groups in total. The molecular weight excluding hydrogens is 334 g/mol. The van der Waals surface area contributed by atoms with E-state index >= 15 is 0 Å². The molecule has 0 radical (unpaired) electrons. The molecular formula is C20H21NO5. The third kappa shape index (κ3) is 5.00. The van der Waals surface area contributed by atoms with Gasteiger partial charge in [0.05, 0.1) is 7.11 Å². The molecule has 26 heavy (non-hydrogen) atoms. The van der Waals surface area contributed by atoms with Crippen LogP contribution in [0.4, 0.5) is 0 Å². The molecule has 0 fully saturated rings. The van der Waals surface area contributed by atoms with Gasteiger partial charge in [0.1, 0.15) is 6.04 Å². The number of ketones is 1. The van der Waals surface area contributed by atoms with E-state index in [2.05, 4.69) is 5.32 Å². The van der Waals surface area contributed by atoms with Gasteiger partial charge in [-0.25, -0.2) is 4.79 Å². The van der Waals surface area contributed by atoms with E-state index < -0.39 is 24.0 Å². The summed E-state index contributed by atoms with van der Waals surface area (Å²) in [5.41, 5.74) is 1.10. The van der Waals surface area contributed by atoms with E-state index in [9.17, 15) is 14.4 Å². The summed E-state index contributed by atoms with van der Waals surface area (Å²) in [6.07, 6.45) is -1.09. The van der Waals surface area contributed by atoms with Crippen molar-refractivity contribution in [1.82, 2.24) is 5.32 Å². The maximum Gasteiger partial charge on any atom is 0.328 e. The standard InChI is InChI=1S/C20H21NO5/c1-25-18(15-11-7-4-8-12-15)19(23)21-16(20(24)26-2)13-17(22)14-9-5-3-6-10-14/h3-12,16,18H,13H2,1-2H3,(H,21,23)/t16-,18+/m0/s1. The Morgan fingerprint density at radius 2 is 1.50 bits per heavy atom. The van der Waals surface area contributed by atoms with Crippen LogP contribution in [0.25, 0.3) is 0 Å². The molecule has 0 saturated heterocycles. The normalized spacial score (nSPS) is 12.7. The SMILES string of the molecule is COC(=O)[C@H](CC(=O)c1ccccc1)NC(=O)[C@H](OC)c1ccccc1. The molecule has 136 valence electrons. The number of rotatable bonds is 8. The monoisotopic (exact) mass is 355 g/mol. The Hall–Kier alpha value is -2.99. The van der Waals surface area contributed by atoms with Gasteiger partial charge in [0, 0.05) is 19.1 Å². The fourth-order valence-electron chi connectivity index (χ4n) is 2.53. The molecule has 6 nitrogen and oxygen atoms in total. The quantitative estimate of drug-likeness (QED) is 0.580. The second kappa shape index (κ2) is 9.48. The molecule has 0 aromatic heterocycles. The van der Waals surface area contributed by atoms with Gasteiger partial charge in [0.2, 0.25) is 0 Å². The highest BCUT2D eigenvalue weighted by atomic mass is 16.5. The van der Waals surface area contributed by atoms with Crippen molar-refractivity contribution in [3.63, 3.8) is 0 Å². The van der Waals surface area contributed by atoms with E-state index in [4.69, 9.17) is 9.47 Å². The zero-order valence-electron chi connectivity index (χ0n) is 14.7. The van der Waals surface area contributed by atoms with Gasteiger partial charge >= 0.3 is 5.97 Å². The molecule has 0 unspecified atom stereocenters. The first-order chi connectivity index (χ1) is 12.6. The molecule has 2 atom stereocenters. The van der Waals surface area contributed by atoms with Gasteiger partial charge in [-0.1, -0.05) is 60.7 Å². The molecule has 0 aliphatic heterocycles.